The maximum atomic E-state index is 13.9. The molecule has 0 unspecified atom stereocenters. The van der Waals surface area contributed by atoms with E-state index >= 15 is 0 Å². The number of nitrogens with zero attached hydrogens (tertiary/aromatic N) is 2. The highest BCUT2D eigenvalue weighted by molar-refractivity contribution is 7.92. The van der Waals surface area contributed by atoms with Gasteiger partial charge in [0.15, 0.2) is 0 Å². The highest BCUT2D eigenvalue weighted by Gasteiger charge is 2.33. The highest BCUT2D eigenvalue weighted by Crippen LogP contribution is 2.27. The molecule has 0 aromatic heterocycles. The maximum absolute atomic E-state index is 13.9. The SMILES string of the molecule is CCCCNC(=O)[C@@H](C)N(Cc1ccc(F)cc1)C(=O)CN(c1ccccc1C)S(=O)(=O)c1ccc(C)cc1. The molecule has 0 aliphatic carbocycles. The van der Waals surface area contributed by atoms with Crippen molar-refractivity contribution in [3.05, 3.63) is 95.3 Å². The van der Waals surface area contributed by atoms with Crippen molar-refractivity contribution in [1.29, 1.82) is 0 Å². The number of para-hydroxylation sites is 1. The highest BCUT2D eigenvalue weighted by atomic mass is 32.2. The van der Waals surface area contributed by atoms with Crippen LogP contribution < -0.4 is 9.62 Å². The van der Waals surface area contributed by atoms with Gasteiger partial charge in [-0.3, -0.25) is 13.9 Å². The summed E-state index contributed by atoms with van der Waals surface area (Å²) in [5.74, 6) is -1.32. The first-order valence-corrected chi connectivity index (χ1v) is 14.4. The maximum Gasteiger partial charge on any atom is 0.264 e. The number of sulfonamides is 1. The lowest BCUT2D eigenvalue weighted by molar-refractivity contribution is -0.139. The number of carbonyl (C=O) groups excluding carboxylic acids is 2. The number of hydrogen-bond acceptors (Lipinski definition) is 4. The third-order valence-electron chi connectivity index (χ3n) is 6.54. The number of aryl methyl sites for hydroxylation is 2. The molecule has 2 amide bonds. The number of rotatable bonds is 12. The number of carbonyl (C=O) groups is 2. The van der Waals surface area contributed by atoms with Gasteiger partial charge in [0.25, 0.3) is 10.0 Å². The molecule has 3 rings (SSSR count). The molecule has 0 aliphatic rings. The zero-order valence-electron chi connectivity index (χ0n) is 22.9. The summed E-state index contributed by atoms with van der Waals surface area (Å²) in [5.41, 5.74) is 2.56. The summed E-state index contributed by atoms with van der Waals surface area (Å²) in [6, 6.07) is 18.1. The van der Waals surface area contributed by atoms with Crippen LogP contribution in [0.5, 0.6) is 0 Å². The van der Waals surface area contributed by atoms with E-state index in [-0.39, 0.29) is 17.3 Å². The number of anilines is 1. The smallest absolute Gasteiger partial charge is 0.264 e. The van der Waals surface area contributed by atoms with E-state index < -0.39 is 34.3 Å². The van der Waals surface area contributed by atoms with E-state index in [2.05, 4.69) is 5.32 Å². The summed E-state index contributed by atoms with van der Waals surface area (Å²) >= 11 is 0. The van der Waals surface area contributed by atoms with E-state index in [0.717, 1.165) is 22.7 Å². The summed E-state index contributed by atoms with van der Waals surface area (Å²) in [6.45, 7) is 7.21. The Balaban J connectivity index is 2.00. The molecule has 0 saturated carbocycles. The summed E-state index contributed by atoms with van der Waals surface area (Å²) in [7, 11) is -4.13. The fourth-order valence-corrected chi connectivity index (χ4v) is 5.58. The average Bonchev–Trinajstić information content (AvgIpc) is 2.91. The van der Waals surface area contributed by atoms with Crippen LogP contribution in [0.25, 0.3) is 0 Å². The van der Waals surface area contributed by atoms with Gasteiger partial charge in [-0.25, -0.2) is 12.8 Å². The predicted molar refractivity (Wildman–Crippen MR) is 151 cm³/mol. The van der Waals surface area contributed by atoms with Gasteiger partial charge in [-0.1, -0.05) is 61.4 Å². The van der Waals surface area contributed by atoms with Gasteiger partial charge in [0.2, 0.25) is 11.8 Å². The van der Waals surface area contributed by atoms with Gasteiger partial charge in [0.05, 0.1) is 10.6 Å². The van der Waals surface area contributed by atoms with Gasteiger partial charge >= 0.3 is 0 Å². The fraction of sp³-hybridized carbons (Fsp3) is 0.333. The van der Waals surface area contributed by atoms with Crippen LogP contribution in [0.3, 0.4) is 0 Å². The van der Waals surface area contributed by atoms with Crippen molar-refractivity contribution in [3.63, 3.8) is 0 Å². The molecule has 7 nitrogen and oxygen atoms in total. The minimum absolute atomic E-state index is 0.00761. The zero-order valence-corrected chi connectivity index (χ0v) is 23.7. The molecule has 1 atom stereocenters. The Hall–Kier alpha value is -3.72. The number of unbranched alkanes of at least 4 members (excludes halogenated alkanes) is 1. The third-order valence-corrected chi connectivity index (χ3v) is 8.31. The number of benzene rings is 3. The van der Waals surface area contributed by atoms with Crippen molar-refractivity contribution in [3.8, 4) is 0 Å². The van der Waals surface area contributed by atoms with Gasteiger partial charge in [0, 0.05) is 13.1 Å². The van der Waals surface area contributed by atoms with Crippen LogP contribution in [0.1, 0.15) is 43.4 Å². The van der Waals surface area contributed by atoms with Crippen LogP contribution in [0, 0.1) is 19.7 Å². The monoisotopic (exact) mass is 553 g/mol. The second kappa shape index (κ2) is 13.4. The van der Waals surface area contributed by atoms with E-state index in [1.54, 1.807) is 62.4 Å². The minimum atomic E-state index is -4.13. The van der Waals surface area contributed by atoms with Gasteiger partial charge in [-0.05, 0) is 68.7 Å². The molecule has 0 radical (unpaired) electrons. The molecule has 0 fully saturated rings. The number of amides is 2. The molecule has 208 valence electrons. The van der Waals surface area contributed by atoms with Crippen LogP contribution in [-0.2, 0) is 26.2 Å². The lowest BCUT2D eigenvalue weighted by Gasteiger charge is -2.32. The van der Waals surface area contributed by atoms with Gasteiger partial charge in [-0.2, -0.15) is 0 Å². The first-order valence-electron chi connectivity index (χ1n) is 13.0. The molecule has 0 aliphatic heterocycles. The van der Waals surface area contributed by atoms with E-state index in [9.17, 15) is 22.4 Å². The fourth-order valence-electron chi connectivity index (χ4n) is 4.10. The molecule has 0 saturated heterocycles. The normalized spacial score (nSPS) is 12.0. The Morgan fingerprint density at radius 2 is 1.59 bits per heavy atom. The van der Waals surface area contributed by atoms with E-state index in [4.69, 9.17) is 0 Å². The molecule has 3 aromatic carbocycles. The van der Waals surface area contributed by atoms with Gasteiger partial charge in [-0.15, -0.1) is 0 Å². The van der Waals surface area contributed by atoms with Crippen molar-refractivity contribution >= 4 is 27.5 Å². The van der Waals surface area contributed by atoms with Crippen molar-refractivity contribution in [1.82, 2.24) is 10.2 Å². The third kappa shape index (κ3) is 7.66. The molecule has 0 spiro atoms. The molecular formula is C30H36FN3O4S. The van der Waals surface area contributed by atoms with Crippen molar-refractivity contribution in [2.75, 3.05) is 17.4 Å². The minimum Gasteiger partial charge on any atom is -0.354 e. The lowest BCUT2D eigenvalue weighted by Crippen LogP contribution is -2.51. The first kappa shape index (κ1) is 29.8. The lowest BCUT2D eigenvalue weighted by atomic mass is 10.1. The average molecular weight is 554 g/mol. The number of nitrogens with one attached hydrogen (secondary N) is 1. The Morgan fingerprint density at radius 1 is 0.949 bits per heavy atom. The summed E-state index contributed by atoms with van der Waals surface area (Å²) in [5, 5.41) is 2.84. The second-order valence-electron chi connectivity index (χ2n) is 9.58. The van der Waals surface area contributed by atoms with Crippen LogP contribution in [-0.4, -0.2) is 44.3 Å². The van der Waals surface area contributed by atoms with Gasteiger partial charge < -0.3 is 10.2 Å². The molecule has 39 heavy (non-hydrogen) atoms. The van der Waals surface area contributed by atoms with Gasteiger partial charge in [0.1, 0.15) is 18.4 Å². The standard InChI is InChI=1S/C30H36FN3O4S/c1-5-6-19-32-30(36)24(4)33(20-25-13-15-26(31)16-14-25)29(35)21-34(28-10-8-7-9-23(28)3)39(37,38)27-17-11-22(2)12-18-27/h7-18,24H,5-6,19-21H2,1-4H3,(H,32,36)/t24-/m1/s1. The molecule has 0 bridgehead atoms. The van der Waals surface area contributed by atoms with Crippen molar-refractivity contribution in [2.24, 2.45) is 0 Å². The Bertz CT molecular complexity index is 1380. The first-order chi connectivity index (χ1) is 18.5. The van der Waals surface area contributed by atoms with Crippen LogP contribution in [0.4, 0.5) is 10.1 Å². The summed E-state index contributed by atoms with van der Waals surface area (Å²) in [4.78, 5) is 28.2. The number of halogens is 1. The molecule has 9 heteroatoms. The molecule has 0 heterocycles. The van der Waals surface area contributed by atoms with E-state index in [1.165, 1.54) is 29.2 Å². The van der Waals surface area contributed by atoms with Crippen molar-refractivity contribution in [2.45, 2.75) is 58.0 Å². The van der Waals surface area contributed by atoms with E-state index in [0.29, 0.717) is 23.4 Å². The predicted octanol–water partition coefficient (Wildman–Crippen LogP) is 4.97. The molecule has 3 aromatic rings. The molecular weight excluding hydrogens is 517 g/mol. The topological polar surface area (TPSA) is 86.8 Å². The quantitative estimate of drug-likeness (QED) is 0.321. The number of hydrogen-bond donors (Lipinski definition) is 1. The Morgan fingerprint density at radius 3 is 2.21 bits per heavy atom. The van der Waals surface area contributed by atoms with Crippen LogP contribution in [0.2, 0.25) is 0 Å². The molecule has 1 N–H and O–H groups in total. The van der Waals surface area contributed by atoms with E-state index in [1.807, 2.05) is 13.8 Å². The van der Waals surface area contributed by atoms with Crippen LogP contribution in [0.15, 0.2) is 77.7 Å². The van der Waals surface area contributed by atoms with Crippen molar-refractivity contribution < 1.29 is 22.4 Å². The Kier molecular flexibility index (Phi) is 10.2. The Labute approximate surface area is 230 Å². The second-order valence-corrected chi connectivity index (χ2v) is 11.4. The summed E-state index contributed by atoms with van der Waals surface area (Å²) in [6.07, 6.45) is 1.69. The van der Waals surface area contributed by atoms with Crippen LogP contribution >= 0.6 is 0 Å². The summed E-state index contributed by atoms with van der Waals surface area (Å²) < 4.78 is 42.4. The largest absolute Gasteiger partial charge is 0.354 e. The zero-order chi connectivity index (χ0) is 28.6.